The van der Waals surface area contributed by atoms with Crippen molar-refractivity contribution in [3.8, 4) is 5.75 Å². The number of fused-ring (bicyclic) bond motifs is 3. The van der Waals surface area contributed by atoms with Gasteiger partial charge in [0.2, 0.25) is 0 Å². The Morgan fingerprint density at radius 3 is 2.74 bits per heavy atom. The van der Waals surface area contributed by atoms with Crippen LogP contribution in [0.1, 0.15) is 6.42 Å². The number of carbonyl (C=O) groups is 1. The number of aliphatic carboxylic acids is 1. The Kier molecular flexibility index (Phi) is 2.83. The highest BCUT2D eigenvalue weighted by Crippen LogP contribution is 2.31. The predicted molar refractivity (Wildman–Crippen MR) is 71.5 cm³/mol. The summed E-state index contributed by atoms with van der Waals surface area (Å²) in [5, 5.41) is 10.6. The minimum Gasteiger partial charge on any atom is -0.493 e. The summed E-state index contributed by atoms with van der Waals surface area (Å²) < 4.78 is 11.1. The number of furan rings is 1. The fraction of sp³-hybridized carbons (Fsp3) is 0.133. The van der Waals surface area contributed by atoms with Gasteiger partial charge >= 0.3 is 5.97 Å². The molecule has 0 aliphatic carbocycles. The zero-order valence-electron chi connectivity index (χ0n) is 10.1. The van der Waals surface area contributed by atoms with E-state index in [1.54, 1.807) is 6.07 Å². The molecule has 0 radical (unpaired) electrons. The van der Waals surface area contributed by atoms with Gasteiger partial charge in [0, 0.05) is 10.8 Å². The minimum atomic E-state index is -0.866. The number of carboxylic acids is 1. The number of rotatable bonds is 4. The molecular weight excluding hydrogens is 244 g/mol. The van der Waals surface area contributed by atoms with Crippen LogP contribution < -0.4 is 4.74 Å². The van der Waals surface area contributed by atoms with Gasteiger partial charge in [-0.1, -0.05) is 18.2 Å². The van der Waals surface area contributed by atoms with Gasteiger partial charge in [0.05, 0.1) is 13.0 Å². The van der Waals surface area contributed by atoms with Crippen LogP contribution >= 0.6 is 0 Å². The minimum absolute atomic E-state index is 0.00975. The van der Waals surface area contributed by atoms with Gasteiger partial charge in [0.15, 0.2) is 0 Å². The molecule has 0 spiro atoms. The summed E-state index contributed by atoms with van der Waals surface area (Å²) in [7, 11) is 0. The molecule has 0 amide bonds. The maximum absolute atomic E-state index is 10.4. The molecule has 0 saturated carbocycles. The number of para-hydroxylation sites is 1. The molecule has 19 heavy (non-hydrogen) atoms. The maximum Gasteiger partial charge on any atom is 0.306 e. The average Bonchev–Trinajstić information content (AvgIpc) is 2.76. The second kappa shape index (κ2) is 4.65. The molecule has 3 rings (SSSR count). The average molecular weight is 256 g/mol. The summed E-state index contributed by atoms with van der Waals surface area (Å²) in [6, 6.07) is 13.3. The Hall–Kier alpha value is -2.49. The number of benzene rings is 2. The van der Waals surface area contributed by atoms with Crippen LogP contribution in [0, 0.1) is 0 Å². The summed E-state index contributed by atoms with van der Waals surface area (Å²) in [5.74, 6) is -0.213. The van der Waals surface area contributed by atoms with E-state index in [1.807, 2.05) is 36.4 Å². The van der Waals surface area contributed by atoms with Crippen LogP contribution in [0.4, 0.5) is 0 Å². The monoisotopic (exact) mass is 256 g/mol. The lowest BCUT2D eigenvalue weighted by atomic mass is 10.1. The zero-order valence-corrected chi connectivity index (χ0v) is 10.1. The Balaban J connectivity index is 1.95. The first kappa shape index (κ1) is 11.6. The van der Waals surface area contributed by atoms with E-state index in [1.165, 1.54) is 0 Å². The van der Waals surface area contributed by atoms with Gasteiger partial charge in [-0.3, -0.25) is 4.79 Å². The van der Waals surface area contributed by atoms with E-state index in [9.17, 15) is 4.79 Å². The predicted octanol–water partition coefficient (Wildman–Crippen LogP) is 3.44. The quantitative estimate of drug-likeness (QED) is 0.776. The Morgan fingerprint density at radius 1 is 1.11 bits per heavy atom. The molecule has 0 unspecified atom stereocenters. The van der Waals surface area contributed by atoms with E-state index < -0.39 is 5.97 Å². The molecule has 0 aliphatic rings. The van der Waals surface area contributed by atoms with Crippen LogP contribution in [0.5, 0.6) is 5.75 Å². The van der Waals surface area contributed by atoms with E-state index in [0.29, 0.717) is 5.75 Å². The summed E-state index contributed by atoms with van der Waals surface area (Å²) in [6.45, 7) is 0.163. The molecule has 96 valence electrons. The Morgan fingerprint density at radius 2 is 1.89 bits per heavy atom. The molecule has 3 aromatic rings. The van der Waals surface area contributed by atoms with Crippen molar-refractivity contribution >= 4 is 27.9 Å². The first-order valence-corrected chi connectivity index (χ1v) is 6.00. The third kappa shape index (κ3) is 2.25. The lowest BCUT2D eigenvalue weighted by molar-refractivity contribution is -0.137. The fourth-order valence-electron chi connectivity index (χ4n) is 2.05. The topological polar surface area (TPSA) is 59.7 Å². The van der Waals surface area contributed by atoms with E-state index in [0.717, 1.165) is 21.9 Å². The normalized spacial score (nSPS) is 10.9. The first-order valence-electron chi connectivity index (χ1n) is 6.00. The summed E-state index contributed by atoms with van der Waals surface area (Å²) >= 11 is 0. The van der Waals surface area contributed by atoms with Crippen LogP contribution in [-0.4, -0.2) is 17.7 Å². The highest BCUT2D eigenvalue weighted by molar-refractivity contribution is 6.05. The molecule has 2 aromatic carbocycles. The zero-order chi connectivity index (χ0) is 13.2. The molecule has 0 atom stereocenters. The molecule has 1 aromatic heterocycles. The summed E-state index contributed by atoms with van der Waals surface area (Å²) in [4.78, 5) is 10.4. The van der Waals surface area contributed by atoms with Gasteiger partial charge in [-0.15, -0.1) is 0 Å². The molecule has 4 nitrogen and oxygen atoms in total. The standard InChI is InChI=1S/C15H12O4/c16-15(17)7-8-18-10-5-6-14-12(9-10)11-3-1-2-4-13(11)19-14/h1-6,9H,7-8H2,(H,16,17). The van der Waals surface area contributed by atoms with Gasteiger partial charge in [-0.2, -0.15) is 0 Å². The second-order valence-electron chi connectivity index (χ2n) is 4.25. The van der Waals surface area contributed by atoms with Crippen molar-refractivity contribution in [1.82, 2.24) is 0 Å². The molecule has 4 heteroatoms. The number of carboxylic acid groups (broad SMARTS) is 1. The van der Waals surface area contributed by atoms with Gasteiger partial charge in [0.25, 0.3) is 0 Å². The number of ether oxygens (including phenoxy) is 1. The van der Waals surface area contributed by atoms with Crippen molar-refractivity contribution in [2.24, 2.45) is 0 Å². The van der Waals surface area contributed by atoms with E-state index in [2.05, 4.69) is 0 Å². The summed E-state index contributed by atoms with van der Waals surface area (Å²) in [5.41, 5.74) is 1.63. The van der Waals surface area contributed by atoms with Crippen LogP contribution in [-0.2, 0) is 4.79 Å². The van der Waals surface area contributed by atoms with Gasteiger partial charge in [0.1, 0.15) is 16.9 Å². The first-order chi connectivity index (χ1) is 9.24. The van der Waals surface area contributed by atoms with Crippen LogP contribution in [0.15, 0.2) is 46.9 Å². The SMILES string of the molecule is O=C(O)CCOc1ccc2oc3ccccc3c2c1. The van der Waals surface area contributed by atoms with Crippen LogP contribution in [0.25, 0.3) is 21.9 Å². The second-order valence-corrected chi connectivity index (χ2v) is 4.25. The molecule has 1 N–H and O–H groups in total. The largest absolute Gasteiger partial charge is 0.493 e. The highest BCUT2D eigenvalue weighted by atomic mass is 16.5. The van der Waals surface area contributed by atoms with Crippen molar-refractivity contribution in [3.05, 3.63) is 42.5 Å². The molecule has 1 heterocycles. The number of hydrogen-bond acceptors (Lipinski definition) is 3. The smallest absolute Gasteiger partial charge is 0.306 e. The molecular formula is C15H12O4. The third-order valence-corrected chi connectivity index (χ3v) is 2.93. The van der Waals surface area contributed by atoms with Crippen molar-refractivity contribution in [1.29, 1.82) is 0 Å². The van der Waals surface area contributed by atoms with Gasteiger partial charge in [-0.05, 0) is 24.3 Å². The number of hydrogen-bond donors (Lipinski definition) is 1. The van der Waals surface area contributed by atoms with Crippen LogP contribution in [0.3, 0.4) is 0 Å². The lowest BCUT2D eigenvalue weighted by Crippen LogP contribution is -2.04. The Bertz CT molecular complexity index is 742. The summed E-state index contributed by atoms with van der Waals surface area (Å²) in [6.07, 6.45) is -0.00975. The van der Waals surface area contributed by atoms with Crippen molar-refractivity contribution in [2.45, 2.75) is 6.42 Å². The molecule has 0 fully saturated rings. The maximum atomic E-state index is 10.4. The van der Waals surface area contributed by atoms with Crippen molar-refractivity contribution in [2.75, 3.05) is 6.61 Å². The van der Waals surface area contributed by atoms with Crippen LogP contribution in [0.2, 0.25) is 0 Å². The van der Waals surface area contributed by atoms with E-state index in [4.69, 9.17) is 14.3 Å². The molecule has 0 bridgehead atoms. The Labute approximate surface area is 109 Å². The van der Waals surface area contributed by atoms with E-state index in [-0.39, 0.29) is 13.0 Å². The molecule has 0 aliphatic heterocycles. The lowest BCUT2D eigenvalue weighted by Gasteiger charge is -2.03. The fourth-order valence-corrected chi connectivity index (χ4v) is 2.05. The third-order valence-electron chi connectivity index (χ3n) is 2.93. The van der Waals surface area contributed by atoms with Gasteiger partial charge in [-0.25, -0.2) is 0 Å². The van der Waals surface area contributed by atoms with Gasteiger partial charge < -0.3 is 14.3 Å². The molecule has 0 saturated heterocycles. The van der Waals surface area contributed by atoms with Crippen molar-refractivity contribution in [3.63, 3.8) is 0 Å². The van der Waals surface area contributed by atoms with E-state index >= 15 is 0 Å². The van der Waals surface area contributed by atoms with Crippen molar-refractivity contribution < 1.29 is 19.1 Å². The highest BCUT2D eigenvalue weighted by Gasteiger charge is 2.07.